The Hall–Kier alpha value is -3.02. The number of carbonyl (C=O) groups is 2. The second kappa shape index (κ2) is 8.57. The van der Waals surface area contributed by atoms with Crippen LogP contribution in [0.5, 0.6) is 11.5 Å². The first-order valence-corrected chi connectivity index (χ1v) is 7.47. The van der Waals surface area contributed by atoms with E-state index < -0.39 is 0 Å². The minimum absolute atomic E-state index is 0.0668. The van der Waals surface area contributed by atoms with Gasteiger partial charge in [0.2, 0.25) is 0 Å². The van der Waals surface area contributed by atoms with Crippen LogP contribution in [0.15, 0.2) is 48.5 Å². The molecule has 0 aliphatic carbocycles. The lowest BCUT2D eigenvalue weighted by atomic mass is 10.1. The van der Waals surface area contributed by atoms with E-state index in [4.69, 9.17) is 9.47 Å². The highest BCUT2D eigenvalue weighted by Crippen LogP contribution is 2.16. The Morgan fingerprint density at radius 1 is 0.958 bits per heavy atom. The molecule has 0 unspecified atom stereocenters. The van der Waals surface area contributed by atoms with Crippen LogP contribution in [-0.2, 0) is 11.3 Å². The van der Waals surface area contributed by atoms with Crippen molar-refractivity contribution in [2.24, 2.45) is 0 Å². The maximum atomic E-state index is 11.8. The Bertz CT molecular complexity index is 681. The highest BCUT2D eigenvalue weighted by molar-refractivity contribution is 5.93. The molecule has 24 heavy (non-hydrogen) atoms. The van der Waals surface area contributed by atoms with Gasteiger partial charge in [-0.15, -0.1) is 0 Å². The Morgan fingerprint density at radius 2 is 1.58 bits per heavy atom. The van der Waals surface area contributed by atoms with Gasteiger partial charge in [0.15, 0.2) is 6.61 Å². The maximum Gasteiger partial charge on any atom is 0.258 e. The second-order valence-corrected chi connectivity index (χ2v) is 5.02. The van der Waals surface area contributed by atoms with Crippen molar-refractivity contribution in [2.75, 3.05) is 20.8 Å². The largest absolute Gasteiger partial charge is 0.497 e. The fraction of sp³-hybridized carbons (Fsp3) is 0.222. The lowest BCUT2D eigenvalue weighted by Crippen LogP contribution is -2.28. The van der Waals surface area contributed by atoms with Crippen LogP contribution in [-0.4, -0.2) is 32.6 Å². The van der Waals surface area contributed by atoms with Gasteiger partial charge in [0.25, 0.3) is 11.8 Å². The van der Waals surface area contributed by atoms with Gasteiger partial charge >= 0.3 is 0 Å². The lowest BCUT2D eigenvalue weighted by molar-refractivity contribution is -0.123. The van der Waals surface area contributed by atoms with Gasteiger partial charge in [-0.2, -0.15) is 0 Å². The van der Waals surface area contributed by atoms with E-state index in [1.54, 1.807) is 62.7 Å². The fourth-order valence-electron chi connectivity index (χ4n) is 1.99. The summed E-state index contributed by atoms with van der Waals surface area (Å²) in [7, 11) is 3.17. The summed E-state index contributed by atoms with van der Waals surface area (Å²) in [5.74, 6) is 0.965. The normalized spacial score (nSPS) is 9.92. The van der Waals surface area contributed by atoms with Gasteiger partial charge in [0.1, 0.15) is 11.5 Å². The Labute approximate surface area is 140 Å². The molecule has 2 N–H and O–H groups in total. The molecule has 0 heterocycles. The third-order valence-corrected chi connectivity index (χ3v) is 3.36. The van der Waals surface area contributed by atoms with Gasteiger partial charge in [-0.1, -0.05) is 12.1 Å². The smallest absolute Gasteiger partial charge is 0.258 e. The number of ether oxygens (including phenoxy) is 2. The quantitative estimate of drug-likeness (QED) is 0.812. The van der Waals surface area contributed by atoms with E-state index in [-0.39, 0.29) is 18.4 Å². The van der Waals surface area contributed by atoms with Crippen molar-refractivity contribution in [1.82, 2.24) is 10.6 Å². The monoisotopic (exact) mass is 328 g/mol. The molecule has 2 aromatic carbocycles. The van der Waals surface area contributed by atoms with Crippen molar-refractivity contribution < 1.29 is 19.1 Å². The molecule has 0 aromatic heterocycles. The van der Waals surface area contributed by atoms with Crippen molar-refractivity contribution in [3.8, 4) is 11.5 Å². The molecular weight excluding hydrogens is 308 g/mol. The van der Waals surface area contributed by atoms with Crippen molar-refractivity contribution in [3.05, 3.63) is 59.7 Å². The molecule has 2 amide bonds. The maximum absolute atomic E-state index is 11.8. The van der Waals surface area contributed by atoms with E-state index in [9.17, 15) is 9.59 Å². The fourth-order valence-corrected chi connectivity index (χ4v) is 1.99. The molecule has 0 bridgehead atoms. The van der Waals surface area contributed by atoms with E-state index in [1.807, 2.05) is 0 Å². The average Bonchev–Trinajstić information content (AvgIpc) is 2.64. The van der Waals surface area contributed by atoms with Crippen molar-refractivity contribution in [3.63, 3.8) is 0 Å². The van der Waals surface area contributed by atoms with Gasteiger partial charge in [0.05, 0.1) is 7.11 Å². The first-order chi connectivity index (χ1) is 11.6. The number of methoxy groups -OCH3 is 1. The van der Waals surface area contributed by atoms with Gasteiger partial charge in [-0.3, -0.25) is 9.59 Å². The summed E-state index contributed by atoms with van der Waals surface area (Å²) in [6, 6.07) is 14.0. The zero-order chi connectivity index (χ0) is 17.4. The zero-order valence-corrected chi connectivity index (χ0v) is 13.7. The predicted octanol–water partition coefficient (Wildman–Crippen LogP) is 1.75. The van der Waals surface area contributed by atoms with Crippen LogP contribution >= 0.6 is 0 Å². The first kappa shape index (κ1) is 17.3. The highest BCUT2D eigenvalue weighted by Gasteiger charge is 2.05. The average molecular weight is 328 g/mol. The van der Waals surface area contributed by atoms with E-state index in [0.29, 0.717) is 17.9 Å². The summed E-state index contributed by atoms with van der Waals surface area (Å²) >= 11 is 0. The summed E-state index contributed by atoms with van der Waals surface area (Å²) < 4.78 is 10.5. The molecule has 0 aliphatic heterocycles. The Balaban J connectivity index is 1.77. The summed E-state index contributed by atoms with van der Waals surface area (Å²) in [5, 5.41) is 5.32. The number of hydrogen-bond acceptors (Lipinski definition) is 4. The van der Waals surface area contributed by atoms with E-state index >= 15 is 0 Å². The third-order valence-electron chi connectivity index (χ3n) is 3.36. The standard InChI is InChI=1S/C18H20N2O4/c1-19-18(22)14-5-3-13(4-6-14)11-20-17(21)12-24-16-9-7-15(23-2)8-10-16/h3-10H,11-12H2,1-2H3,(H,19,22)(H,20,21). The van der Waals surface area contributed by atoms with Crippen LogP contribution < -0.4 is 20.1 Å². The number of rotatable bonds is 7. The highest BCUT2D eigenvalue weighted by atomic mass is 16.5. The molecule has 6 heteroatoms. The Kier molecular flexibility index (Phi) is 6.19. The number of hydrogen-bond donors (Lipinski definition) is 2. The lowest BCUT2D eigenvalue weighted by Gasteiger charge is -2.08. The van der Waals surface area contributed by atoms with E-state index in [2.05, 4.69) is 10.6 Å². The van der Waals surface area contributed by atoms with E-state index in [0.717, 1.165) is 11.3 Å². The van der Waals surface area contributed by atoms with Gasteiger partial charge < -0.3 is 20.1 Å². The van der Waals surface area contributed by atoms with Crippen molar-refractivity contribution in [1.29, 1.82) is 0 Å². The minimum atomic E-state index is -0.221. The molecule has 0 fully saturated rings. The molecule has 2 rings (SSSR count). The van der Waals surface area contributed by atoms with Crippen molar-refractivity contribution in [2.45, 2.75) is 6.54 Å². The summed E-state index contributed by atoms with van der Waals surface area (Å²) in [6.45, 7) is 0.307. The molecule has 0 atom stereocenters. The molecule has 0 saturated carbocycles. The van der Waals surface area contributed by atoms with Crippen LogP contribution in [0.2, 0.25) is 0 Å². The Morgan fingerprint density at radius 3 is 2.17 bits per heavy atom. The van der Waals surface area contributed by atoms with Gasteiger partial charge in [-0.05, 0) is 42.0 Å². The first-order valence-electron chi connectivity index (χ1n) is 7.47. The molecule has 2 aromatic rings. The molecular formula is C18H20N2O4. The predicted molar refractivity (Wildman–Crippen MR) is 90.2 cm³/mol. The number of amides is 2. The zero-order valence-electron chi connectivity index (χ0n) is 13.7. The molecule has 0 saturated heterocycles. The van der Waals surface area contributed by atoms with Crippen LogP contribution in [0.3, 0.4) is 0 Å². The molecule has 0 aliphatic rings. The second-order valence-electron chi connectivity index (χ2n) is 5.02. The van der Waals surface area contributed by atoms with Crippen LogP contribution in [0.25, 0.3) is 0 Å². The molecule has 0 radical (unpaired) electrons. The molecule has 6 nitrogen and oxygen atoms in total. The number of nitrogens with one attached hydrogen (secondary N) is 2. The van der Waals surface area contributed by atoms with Gasteiger partial charge in [-0.25, -0.2) is 0 Å². The van der Waals surface area contributed by atoms with Crippen molar-refractivity contribution >= 4 is 11.8 Å². The summed E-state index contributed by atoms with van der Waals surface area (Å²) in [5.41, 5.74) is 1.48. The number of carbonyl (C=O) groups excluding carboxylic acids is 2. The third kappa shape index (κ3) is 5.01. The molecule has 0 spiro atoms. The topological polar surface area (TPSA) is 76.7 Å². The SMILES string of the molecule is CNC(=O)c1ccc(CNC(=O)COc2ccc(OC)cc2)cc1. The van der Waals surface area contributed by atoms with Crippen LogP contribution in [0.1, 0.15) is 15.9 Å². The molecule has 126 valence electrons. The van der Waals surface area contributed by atoms with Crippen LogP contribution in [0.4, 0.5) is 0 Å². The van der Waals surface area contributed by atoms with Crippen LogP contribution in [0, 0.1) is 0 Å². The summed E-state index contributed by atoms with van der Waals surface area (Å²) in [4.78, 5) is 23.3. The van der Waals surface area contributed by atoms with E-state index in [1.165, 1.54) is 0 Å². The number of benzene rings is 2. The minimum Gasteiger partial charge on any atom is -0.497 e. The van der Waals surface area contributed by atoms with Gasteiger partial charge in [0, 0.05) is 19.2 Å². The summed E-state index contributed by atoms with van der Waals surface area (Å²) in [6.07, 6.45) is 0.